The molecule has 0 radical (unpaired) electrons. The summed E-state index contributed by atoms with van der Waals surface area (Å²) >= 11 is 6.34. The Hall–Kier alpha value is -0.970. The first kappa shape index (κ1) is 22.7. The Morgan fingerprint density at radius 1 is 1.17 bits per heavy atom. The fourth-order valence-electron chi connectivity index (χ4n) is 4.13. The van der Waals surface area contributed by atoms with Crippen LogP contribution in [0.5, 0.6) is 11.5 Å². The summed E-state index contributed by atoms with van der Waals surface area (Å²) < 4.78 is 16.7. The van der Waals surface area contributed by atoms with Crippen molar-refractivity contribution in [2.24, 2.45) is 4.99 Å². The molecule has 7 nitrogen and oxygen atoms in total. The number of aliphatic imine (C=N–C) groups is 1. The zero-order chi connectivity index (χ0) is 19.3. The molecule has 3 aliphatic rings. The predicted octanol–water partition coefficient (Wildman–Crippen LogP) is 2.25. The van der Waals surface area contributed by atoms with Gasteiger partial charge in [-0.05, 0) is 30.5 Å². The van der Waals surface area contributed by atoms with Crippen LogP contribution in [0, 0.1) is 0 Å². The molecule has 1 aromatic carbocycles. The second-order valence-electron chi connectivity index (χ2n) is 7.36. The third-order valence-corrected chi connectivity index (χ3v) is 5.87. The Bertz CT molecular complexity index is 715. The highest BCUT2D eigenvalue weighted by Crippen LogP contribution is 2.38. The summed E-state index contributed by atoms with van der Waals surface area (Å²) in [6.45, 7) is 7.74. The number of nitrogens with zero attached hydrogens (tertiary/aromatic N) is 3. The smallest absolute Gasteiger partial charge is 0.193 e. The molecule has 3 aliphatic heterocycles. The lowest BCUT2D eigenvalue weighted by Gasteiger charge is -2.32. The number of halogens is 2. The van der Waals surface area contributed by atoms with Crippen LogP contribution < -0.4 is 14.8 Å². The van der Waals surface area contributed by atoms with Crippen molar-refractivity contribution in [2.75, 3.05) is 66.2 Å². The molecule has 0 bridgehead atoms. The molecule has 0 saturated carbocycles. The van der Waals surface area contributed by atoms with Crippen molar-refractivity contribution >= 4 is 41.5 Å². The van der Waals surface area contributed by atoms with Gasteiger partial charge in [0.05, 0.1) is 18.2 Å². The van der Waals surface area contributed by atoms with Gasteiger partial charge in [0.15, 0.2) is 17.5 Å². The average Bonchev–Trinajstić information content (AvgIpc) is 3.22. The van der Waals surface area contributed by atoms with Crippen molar-refractivity contribution < 1.29 is 14.2 Å². The molecular weight excluding hydrogens is 507 g/mol. The SMILES string of the molecule is CN=C(NCCc1cc(Cl)c2c(c1)OCCO2)N1CCC(N2CCOCC2)C1.I. The first-order valence-electron chi connectivity index (χ1n) is 10.1. The van der Waals surface area contributed by atoms with E-state index in [9.17, 15) is 0 Å². The Labute approximate surface area is 194 Å². The van der Waals surface area contributed by atoms with Crippen molar-refractivity contribution in [3.63, 3.8) is 0 Å². The van der Waals surface area contributed by atoms with E-state index in [0.29, 0.717) is 30.0 Å². The second-order valence-corrected chi connectivity index (χ2v) is 7.77. The van der Waals surface area contributed by atoms with Crippen LogP contribution in [-0.4, -0.2) is 88.0 Å². The van der Waals surface area contributed by atoms with Crippen LogP contribution in [-0.2, 0) is 11.2 Å². The minimum Gasteiger partial charge on any atom is -0.486 e. The Kier molecular flexibility index (Phi) is 8.52. The topological polar surface area (TPSA) is 58.6 Å². The molecule has 0 aromatic heterocycles. The van der Waals surface area contributed by atoms with E-state index in [4.69, 9.17) is 25.8 Å². The summed E-state index contributed by atoms with van der Waals surface area (Å²) in [7, 11) is 1.85. The predicted molar refractivity (Wildman–Crippen MR) is 125 cm³/mol. The maximum atomic E-state index is 6.34. The number of morpholine rings is 1. The van der Waals surface area contributed by atoms with Crippen LogP contribution >= 0.6 is 35.6 Å². The highest BCUT2D eigenvalue weighted by molar-refractivity contribution is 14.0. The summed E-state index contributed by atoms with van der Waals surface area (Å²) in [5.41, 5.74) is 1.13. The summed E-state index contributed by atoms with van der Waals surface area (Å²) in [5, 5.41) is 4.12. The van der Waals surface area contributed by atoms with E-state index < -0.39 is 0 Å². The highest BCUT2D eigenvalue weighted by Gasteiger charge is 2.30. The van der Waals surface area contributed by atoms with Gasteiger partial charge in [-0.2, -0.15) is 0 Å². The molecule has 1 N–H and O–H groups in total. The van der Waals surface area contributed by atoms with Gasteiger partial charge in [-0.3, -0.25) is 9.89 Å². The van der Waals surface area contributed by atoms with Gasteiger partial charge in [0.2, 0.25) is 0 Å². The molecule has 162 valence electrons. The zero-order valence-electron chi connectivity index (χ0n) is 16.9. The molecule has 0 aliphatic carbocycles. The summed E-state index contributed by atoms with van der Waals surface area (Å²) in [5.74, 6) is 2.37. The number of ether oxygens (including phenoxy) is 3. The van der Waals surface area contributed by atoms with Crippen LogP contribution in [0.3, 0.4) is 0 Å². The molecule has 3 heterocycles. The number of guanidine groups is 1. The molecule has 2 fully saturated rings. The molecule has 9 heteroatoms. The van der Waals surface area contributed by atoms with E-state index in [1.807, 2.05) is 19.2 Å². The molecular formula is C20H30ClIN4O3. The van der Waals surface area contributed by atoms with E-state index in [1.54, 1.807) is 0 Å². The van der Waals surface area contributed by atoms with E-state index in [2.05, 4.69) is 20.1 Å². The third kappa shape index (κ3) is 5.59. The number of fused-ring (bicyclic) bond motifs is 1. The van der Waals surface area contributed by atoms with Crippen molar-refractivity contribution in [3.05, 3.63) is 22.7 Å². The van der Waals surface area contributed by atoms with E-state index in [1.165, 1.54) is 6.42 Å². The minimum atomic E-state index is 0. The van der Waals surface area contributed by atoms with Gasteiger partial charge in [-0.15, -0.1) is 24.0 Å². The molecule has 0 amide bonds. The molecule has 2 saturated heterocycles. The van der Waals surface area contributed by atoms with Crippen LogP contribution in [0.15, 0.2) is 17.1 Å². The van der Waals surface area contributed by atoms with E-state index in [-0.39, 0.29) is 24.0 Å². The van der Waals surface area contributed by atoms with Gasteiger partial charge in [0, 0.05) is 45.8 Å². The van der Waals surface area contributed by atoms with Gasteiger partial charge in [-0.1, -0.05) is 11.6 Å². The standard InChI is InChI=1S/C20H29ClN4O3.HI/c1-22-20(25-5-3-16(14-25)24-6-8-26-9-7-24)23-4-2-15-12-17(21)19-18(13-15)27-10-11-28-19;/h12-13,16H,2-11,14H2,1H3,(H,22,23);1H. The Morgan fingerprint density at radius 3 is 2.76 bits per heavy atom. The average molecular weight is 537 g/mol. The molecule has 29 heavy (non-hydrogen) atoms. The quantitative estimate of drug-likeness (QED) is 0.362. The lowest BCUT2D eigenvalue weighted by atomic mass is 10.1. The minimum absolute atomic E-state index is 0. The Morgan fingerprint density at radius 2 is 1.97 bits per heavy atom. The first-order valence-corrected chi connectivity index (χ1v) is 10.5. The molecule has 1 unspecified atom stereocenters. The Balaban J connectivity index is 0.00000240. The van der Waals surface area contributed by atoms with Crippen LogP contribution in [0.2, 0.25) is 5.02 Å². The van der Waals surface area contributed by atoms with E-state index in [0.717, 1.165) is 69.6 Å². The number of likely N-dealkylation sites (tertiary alicyclic amines) is 1. The van der Waals surface area contributed by atoms with E-state index >= 15 is 0 Å². The fraction of sp³-hybridized carbons (Fsp3) is 0.650. The maximum absolute atomic E-state index is 6.34. The first-order chi connectivity index (χ1) is 13.7. The molecule has 0 spiro atoms. The van der Waals surface area contributed by atoms with Gasteiger partial charge >= 0.3 is 0 Å². The van der Waals surface area contributed by atoms with Crippen molar-refractivity contribution in [2.45, 2.75) is 18.9 Å². The highest BCUT2D eigenvalue weighted by atomic mass is 127. The van der Waals surface area contributed by atoms with Crippen LogP contribution in [0.1, 0.15) is 12.0 Å². The van der Waals surface area contributed by atoms with Gasteiger partial charge in [0.1, 0.15) is 13.2 Å². The monoisotopic (exact) mass is 536 g/mol. The second kappa shape index (κ2) is 10.9. The van der Waals surface area contributed by atoms with Crippen LogP contribution in [0.25, 0.3) is 0 Å². The molecule has 4 rings (SSSR count). The van der Waals surface area contributed by atoms with Crippen LogP contribution in [0.4, 0.5) is 0 Å². The number of nitrogens with one attached hydrogen (secondary N) is 1. The largest absolute Gasteiger partial charge is 0.486 e. The zero-order valence-corrected chi connectivity index (χ0v) is 19.9. The maximum Gasteiger partial charge on any atom is 0.193 e. The summed E-state index contributed by atoms with van der Waals surface area (Å²) in [6, 6.07) is 4.58. The van der Waals surface area contributed by atoms with Crippen molar-refractivity contribution in [1.29, 1.82) is 0 Å². The third-order valence-electron chi connectivity index (χ3n) is 5.59. The molecule has 1 atom stereocenters. The summed E-state index contributed by atoms with van der Waals surface area (Å²) in [4.78, 5) is 9.39. The number of rotatable bonds is 4. The number of benzene rings is 1. The fourth-order valence-corrected chi connectivity index (χ4v) is 4.42. The van der Waals surface area contributed by atoms with Gasteiger partial charge < -0.3 is 24.4 Å². The molecule has 1 aromatic rings. The number of hydrogen-bond acceptors (Lipinski definition) is 5. The normalized spacial score (nSPS) is 22.3. The van der Waals surface area contributed by atoms with Gasteiger partial charge in [0.25, 0.3) is 0 Å². The van der Waals surface area contributed by atoms with Crippen molar-refractivity contribution in [3.8, 4) is 11.5 Å². The van der Waals surface area contributed by atoms with Gasteiger partial charge in [-0.25, -0.2) is 0 Å². The van der Waals surface area contributed by atoms with Crippen molar-refractivity contribution in [1.82, 2.24) is 15.1 Å². The lowest BCUT2D eigenvalue weighted by molar-refractivity contribution is 0.0195. The summed E-state index contributed by atoms with van der Waals surface area (Å²) in [6.07, 6.45) is 2.02. The lowest BCUT2D eigenvalue weighted by Crippen LogP contribution is -2.46. The number of hydrogen-bond donors (Lipinski definition) is 1.